The van der Waals surface area contributed by atoms with E-state index in [2.05, 4.69) is 24.3 Å². The molecule has 0 unspecified atom stereocenters. The van der Waals surface area contributed by atoms with Gasteiger partial charge in [-0.3, -0.25) is 4.79 Å². The molecule has 100 valence electrons. The van der Waals surface area contributed by atoms with Gasteiger partial charge in [-0.15, -0.1) is 0 Å². The molecule has 0 aliphatic rings. The van der Waals surface area contributed by atoms with E-state index in [1.165, 1.54) is 11.1 Å². The van der Waals surface area contributed by atoms with Crippen molar-refractivity contribution in [3.63, 3.8) is 0 Å². The van der Waals surface area contributed by atoms with Crippen molar-refractivity contribution in [2.24, 2.45) is 5.73 Å². The predicted octanol–water partition coefficient (Wildman–Crippen LogP) is 2.87. The minimum Gasteiger partial charge on any atom is -0.369 e. The molecule has 0 aliphatic carbocycles. The summed E-state index contributed by atoms with van der Waals surface area (Å²) in [6.45, 7) is 0. The summed E-state index contributed by atoms with van der Waals surface area (Å²) < 4.78 is 0. The van der Waals surface area contributed by atoms with E-state index in [9.17, 15) is 4.79 Å². The second-order valence-corrected chi connectivity index (χ2v) is 6.87. The second kappa shape index (κ2) is 7.00. The van der Waals surface area contributed by atoms with E-state index >= 15 is 0 Å². The fraction of sp³-hybridized carbons (Fsp3) is 0.188. The van der Waals surface area contributed by atoms with Gasteiger partial charge in [-0.05, 0) is 11.1 Å². The molecule has 19 heavy (non-hydrogen) atoms. The van der Waals surface area contributed by atoms with Crippen LogP contribution in [-0.2, 0) is 16.3 Å². The van der Waals surface area contributed by atoms with Crippen LogP contribution in [0.3, 0.4) is 0 Å². The molecule has 2 aromatic carbocycles. The summed E-state index contributed by atoms with van der Waals surface area (Å²) in [6, 6.07) is 20.6. The molecule has 2 rings (SSSR count). The molecule has 0 aliphatic heterocycles. The zero-order chi connectivity index (χ0) is 13.5. The lowest BCUT2D eigenvalue weighted by Gasteiger charge is -2.20. The van der Waals surface area contributed by atoms with Gasteiger partial charge in [-0.1, -0.05) is 60.7 Å². The van der Waals surface area contributed by atoms with Crippen molar-refractivity contribution >= 4 is 16.8 Å². The van der Waals surface area contributed by atoms with Gasteiger partial charge in [0.1, 0.15) is 0 Å². The highest BCUT2D eigenvalue weighted by Crippen LogP contribution is 2.33. The third kappa shape index (κ3) is 4.79. The third-order valence-corrected chi connectivity index (χ3v) is 5.26. The summed E-state index contributed by atoms with van der Waals surface area (Å²) >= 11 is 0. The Bertz CT molecular complexity index is 471. The van der Waals surface area contributed by atoms with Gasteiger partial charge in [0, 0.05) is 11.5 Å². The summed E-state index contributed by atoms with van der Waals surface area (Å²) in [6.07, 6.45) is 0. The number of hydrogen-bond donors (Lipinski definition) is 2. The molecule has 0 atom stereocenters. The summed E-state index contributed by atoms with van der Waals surface area (Å²) in [5.74, 6) is 2.21. The highest BCUT2D eigenvalue weighted by molar-refractivity contribution is 8.16. The van der Waals surface area contributed by atoms with Crippen LogP contribution in [-0.4, -0.2) is 11.7 Å². The number of nitrogens with two attached hydrogens (primary N) is 1. The molecule has 2 aromatic rings. The quantitative estimate of drug-likeness (QED) is 0.781. The first-order valence-electron chi connectivity index (χ1n) is 6.32. The first-order valence-corrected chi connectivity index (χ1v) is 8.22. The van der Waals surface area contributed by atoms with E-state index in [1.54, 1.807) is 0 Å². The van der Waals surface area contributed by atoms with Crippen LogP contribution in [0.15, 0.2) is 60.7 Å². The lowest BCUT2D eigenvalue weighted by molar-refractivity contribution is -0.115. The van der Waals surface area contributed by atoms with Crippen LogP contribution in [0, 0.1) is 0 Å². The van der Waals surface area contributed by atoms with Gasteiger partial charge in [0.15, 0.2) is 0 Å². The minimum absolute atomic E-state index is 0.196. The van der Waals surface area contributed by atoms with Crippen LogP contribution in [0.4, 0.5) is 0 Å². The molecule has 0 spiro atoms. The van der Waals surface area contributed by atoms with Crippen molar-refractivity contribution in [2.45, 2.75) is 11.5 Å². The van der Waals surface area contributed by atoms with Crippen molar-refractivity contribution in [3.8, 4) is 0 Å². The fourth-order valence-corrected chi connectivity index (χ4v) is 4.30. The SMILES string of the molecule is NC(=O)C[SH](Cc1ccccc1)Cc1ccccc1. The highest BCUT2D eigenvalue weighted by atomic mass is 32.2. The molecule has 0 heterocycles. The second-order valence-electron chi connectivity index (χ2n) is 4.58. The molecule has 0 aromatic heterocycles. The number of rotatable bonds is 6. The van der Waals surface area contributed by atoms with Gasteiger partial charge in [0.05, 0.1) is 5.75 Å². The maximum Gasteiger partial charge on any atom is 0.225 e. The molecule has 1 amide bonds. The van der Waals surface area contributed by atoms with Crippen LogP contribution in [0.25, 0.3) is 0 Å². The topological polar surface area (TPSA) is 43.1 Å². The van der Waals surface area contributed by atoms with E-state index in [-0.39, 0.29) is 5.91 Å². The maximum absolute atomic E-state index is 11.2. The van der Waals surface area contributed by atoms with Crippen molar-refractivity contribution in [1.29, 1.82) is 0 Å². The Balaban J connectivity index is 2.06. The number of carbonyl (C=O) groups excluding carboxylic acids is 1. The monoisotopic (exact) mass is 273 g/mol. The van der Waals surface area contributed by atoms with Crippen molar-refractivity contribution in [3.05, 3.63) is 71.8 Å². The van der Waals surface area contributed by atoms with Gasteiger partial charge in [-0.2, -0.15) is 0 Å². The smallest absolute Gasteiger partial charge is 0.225 e. The molecule has 2 nitrogen and oxygen atoms in total. The van der Waals surface area contributed by atoms with Crippen LogP contribution >= 0.6 is 10.9 Å². The average molecular weight is 273 g/mol. The number of thiol groups is 1. The average Bonchev–Trinajstić information content (AvgIpc) is 2.40. The number of carbonyl (C=O) groups is 1. The van der Waals surface area contributed by atoms with Gasteiger partial charge in [-0.25, -0.2) is 10.9 Å². The molecule has 0 bridgehead atoms. The third-order valence-electron chi connectivity index (χ3n) is 2.88. The van der Waals surface area contributed by atoms with Crippen LogP contribution in [0.2, 0.25) is 0 Å². The molecule has 0 saturated heterocycles. The molecular weight excluding hydrogens is 254 g/mol. The van der Waals surface area contributed by atoms with E-state index in [4.69, 9.17) is 5.73 Å². The zero-order valence-electron chi connectivity index (χ0n) is 10.8. The lowest BCUT2D eigenvalue weighted by atomic mass is 10.2. The van der Waals surface area contributed by atoms with Gasteiger partial charge < -0.3 is 5.73 Å². The maximum atomic E-state index is 11.2. The molecule has 0 saturated carbocycles. The Morgan fingerprint density at radius 1 is 0.842 bits per heavy atom. The number of primary amides is 1. The molecule has 0 radical (unpaired) electrons. The first-order chi connectivity index (χ1) is 9.24. The number of amides is 1. The first kappa shape index (κ1) is 13.7. The summed E-state index contributed by atoms with van der Waals surface area (Å²) in [7, 11) is -0.427. The fourth-order valence-electron chi connectivity index (χ4n) is 2.07. The van der Waals surface area contributed by atoms with E-state index in [1.807, 2.05) is 36.4 Å². The number of hydrogen-bond acceptors (Lipinski definition) is 1. The molecular formula is C16H19NOS. The highest BCUT2D eigenvalue weighted by Gasteiger charge is 2.09. The summed E-state index contributed by atoms with van der Waals surface area (Å²) in [4.78, 5) is 11.2. The Morgan fingerprint density at radius 3 is 1.63 bits per heavy atom. The Kier molecular flexibility index (Phi) is 5.04. The molecule has 2 N–H and O–H groups in total. The Morgan fingerprint density at radius 2 is 1.26 bits per heavy atom. The van der Waals surface area contributed by atoms with Crippen molar-refractivity contribution in [2.75, 3.05) is 5.75 Å². The largest absolute Gasteiger partial charge is 0.369 e. The Labute approximate surface area is 117 Å². The van der Waals surface area contributed by atoms with Gasteiger partial charge in [0.2, 0.25) is 5.91 Å². The standard InChI is InChI=1S/C16H19NOS/c17-16(18)13-19(11-14-7-3-1-4-8-14)12-15-9-5-2-6-10-15/h1-10,19H,11-13H2,(H2,17,18). The van der Waals surface area contributed by atoms with Crippen LogP contribution < -0.4 is 5.73 Å². The normalized spacial score (nSPS) is 11.1. The molecule has 0 fully saturated rings. The van der Waals surface area contributed by atoms with Crippen LogP contribution in [0.1, 0.15) is 11.1 Å². The Hall–Kier alpha value is -1.74. The summed E-state index contributed by atoms with van der Waals surface area (Å²) in [5.41, 5.74) is 7.94. The molecule has 3 heteroatoms. The number of benzene rings is 2. The van der Waals surface area contributed by atoms with E-state index in [0.717, 1.165) is 11.5 Å². The predicted molar refractivity (Wildman–Crippen MR) is 83.3 cm³/mol. The lowest BCUT2D eigenvalue weighted by Crippen LogP contribution is -2.17. The zero-order valence-corrected chi connectivity index (χ0v) is 11.7. The van der Waals surface area contributed by atoms with Gasteiger partial charge >= 0.3 is 0 Å². The van der Waals surface area contributed by atoms with Crippen molar-refractivity contribution < 1.29 is 4.79 Å². The van der Waals surface area contributed by atoms with E-state index < -0.39 is 10.9 Å². The summed E-state index contributed by atoms with van der Waals surface area (Å²) in [5, 5.41) is 0. The minimum atomic E-state index is -0.427. The van der Waals surface area contributed by atoms with Crippen molar-refractivity contribution in [1.82, 2.24) is 0 Å². The van der Waals surface area contributed by atoms with Gasteiger partial charge in [0.25, 0.3) is 0 Å². The van der Waals surface area contributed by atoms with E-state index in [0.29, 0.717) is 5.75 Å². The van der Waals surface area contributed by atoms with Crippen LogP contribution in [0.5, 0.6) is 0 Å².